The number of rotatable bonds is 3. The maximum absolute atomic E-state index is 5.77. The van der Waals surface area contributed by atoms with Crippen LogP contribution < -0.4 is 5.73 Å². The van der Waals surface area contributed by atoms with E-state index in [2.05, 4.69) is 24.0 Å². The van der Waals surface area contributed by atoms with E-state index in [1.165, 1.54) is 29.7 Å². The van der Waals surface area contributed by atoms with E-state index in [1.807, 2.05) is 12.1 Å². The fourth-order valence-electron chi connectivity index (χ4n) is 2.24. The normalized spacial score (nSPS) is 15.2. The molecule has 1 aliphatic rings. The zero-order valence-corrected chi connectivity index (χ0v) is 10.0. The third-order valence-corrected chi connectivity index (χ3v) is 3.38. The van der Waals surface area contributed by atoms with Crippen molar-refractivity contribution in [1.29, 1.82) is 0 Å². The Bertz CT molecular complexity index is 538. The molecule has 1 aromatic carbocycles. The fourth-order valence-corrected chi connectivity index (χ4v) is 2.24. The summed E-state index contributed by atoms with van der Waals surface area (Å²) < 4.78 is 0. The molecule has 1 fully saturated rings. The van der Waals surface area contributed by atoms with Gasteiger partial charge in [-0.1, -0.05) is 24.3 Å². The number of imidazole rings is 1. The van der Waals surface area contributed by atoms with Gasteiger partial charge in [-0.3, -0.25) is 0 Å². The first-order valence-electron chi connectivity index (χ1n) is 6.14. The molecule has 1 aromatic heterocycles. The molecule has 0 radical (unpaired) electrons. The predicted molar refractivity (Wildman–Crippen MR) is 68.6 cm³/mol. The van der Waals surface area contributed by atoms with Gasteiger partial charge in [0.15, 0.2) is 0 Å². The highest BCUT2D eigenvalue weighted by atomic mass is 15.0. The van der Waals surface area contributed by atoms with E-state index in [0.717, 1.165) is 11.5 Å². The molecule has 3 nitrogen and oxygen atoms in total. The molecule has 0 saturated heterocycles. The van der Waals surface area contributed by atoms with Gasteiger partial charge in [-0.05, 0) is 25.3 Å². The second-order valence-electron chi connectivity index (χ2n) is 4.74. The zero-order valence-electron chi connectivity index (χ0n) is 10.0. The first-order valence-corrected chi connectivity index (χ1v) is 6.14. The number of aryl methyl sites for hydroxylation is 1. The minimum atomic E-state index is 0.546. The number of benzene rings is 1. The van der Waals surface area contributed by atoms with Crippen molar-refractivity contribution >= 4 is 0 Å². The molecule has 0 bridgehead atoms. The standard InChI is InChI=1S/C14H17N3/c1-9-4-2-3-5-11(9)14-16-12(8-15)13(17-14)10-6-7-10/h2-5,10H,6-8,15H2,1H3,(H,16,17). The lowest BCUT2D eigenvalue weighted by Crippen LogP contribution is -1.99. The molecular weight excluding hydrogens is 210 g/mol. The maximum atomic E-state index is 5.77. The highest BCUT2D eigenvalue weighted by Crippen LogP contribution is 2.41. The molecular formula is C14H17N3. The van der Waals surface area contributed by atoms with Gasteiger partial charge in [-0.2, -0.15) is 0 Å². The lowest BCUT2D eigenvalue weighted by molar-refractivity contribution is 0.944. The van der Waals surface area contributed by atoms with Crippen LogP contribution in [0.1, 0.15) is 35.7 Å². The minimum absolute atomic E-state index is 0.546. The van der Waals surface area contributed by atoms with Gasteiger partial charge in [0.1, 0.15) is 5.82 Å². The average Bonchev–Trinajstić information content (AvgIpc) is 3.10. The Balaban J connectivity index is 2.06. The summed E-state index contributed by atoms with van der Waals surface area (Å²) in [5.41, 5.74) is 10.5. The number of H-pyrrole nitrogens is 1. The first-order chi connectivity index (χ1) is 8.29. The third-order valence-electron chi connectivity index (χ3n) is 3.38. The highest BCUT2D eigenvalue weighted by Gasteiger charge is 2.29. The maximum Gasteiger partial charge on any atom is 0.138 e. The van der Waals surface area contributed by atoms with E-state index in [-0.39, 0.29) is 0 Å². The molecule has 3 heteroatoms. The van der Waals surface area contributed by atoms with Crippen molar-refractivity contribution in [1.82, 2.24) is 9.97 Å². The number of aromatic amines is 1. The molecule has 1 saturated carbocycles. The van der Waals surface area contributed by atoms with E-state index in [0.29, 0.717) is 12.5 Å². The number of aromatic nitrogens is 2. The SMILES string of the molecule is Cc1ccccc1-c1nc(C2CC2)c(CN)[nH]1. The molecule has 0 atom stereocenters. The number of nitrogens with two attached hydrogens (primary N) is 1. The molecule has 3 rings (SSSR count). The van der Waals surface area contributed by atoms with Crippen LogP contribution in [0.4, 0.5) is 0 Å². The largest absolute Gasteiger partial charge is 0.341 e. The van der Waals surface area contributed by atoms with Crippen LogP contribution in [0.3, 0.4) is 0 Å². The molecule has 17 heavy (non-hydrogen) atoms. The van der Waals surface area contributed by atoms with Crippen LogP contribution in [-0.2, 0) is 6.54 Å². The van der Waals surface area contributed by atoms with Gasteiger partial charge in [-0.15, -0.1) is 0 Å². The lowest BCUT2D eigenvalue weighted by Gasteiger charge is -2.00. The van der Waals surface area contributed by atoms with Crippen LogP contribution in [-0.4, -0.2) is 9.97 Å². The lowest BCUT2D eigenvalue weighted by atomic mass is 10.1. The Labute approximate surface area is 101 Å². The van der Waals surface area contributed by atoms with E-state index in [1.54, 1.807) is 0 Å². The number of hydrogen-bond donors (Lipinski definition) is 2. The Morgan fingerprint density at radius 1 is 1.35 bits per heavy atom. The summed E-state index contributed by atoms with van der Waals surface area (Å²) in [6.45, 7) is 2.65. The molecule has 1 heterocycles. The minimum Gasteiger partial charge on any atom is -0.341 e. The molecule has 88 valence electrons. The molecule has 0 spiro atoms. The number of hydrogen-bond acceptors (Lipinski definition) is 2. The molecule has 2 aromatic rings. The van der Waals surface area contributed by atoms with Crippen molar-refractivity contribution in [3.8, 4) is 11.4 Å². The van der Waals surface area contributed by atoms with Crippen LogP contribution in [0.5, 0.6) is 0 Å². The monoisotopic (exact) mass is 227 g/mol. The topological polar surface area (TPSA) is 54.7 Å². The summed E-state index contributed by atoms with van der Waals surface area (Å²) >= 11 is 0. The summed E-state index contributed by atoms with van der Waals surface area (Å²) in [6, 6.07) is 8.30. The van der Waals surface area contributed by atoms with Crippen molar-refractivity contribution < 1.29 is 0 Å². The Hall–Kier alpha value is -1.61. The van der Waals surface area contributed by atoms with E-state index in [9.17, 15) is 0 Å². The van der Waals surface area contributed by atoms with Crippen LogP contribution in [0.2, 0.25) is 0 Å². The first kappa shape index (κ1) is 10.5. The quantitative estimate of drug-likeness (QED) is 0.847. The number of nitrogens with one attached hydrogen (secondary N) is 1. The van der Waals surface area contributed by atoms with Gasteiger partial charge in [-0.25, -0.2) is 4.98 Å². The van der Waals surface area contributed by atoms with Crippen molar-refractivity contribution in [2.75, 3.05) is 0 Å². The highest BCUT2D eigenvalue weighted by molar-refractivity contribution is 5.60. The fraction of sp³-hybridized carbons (Fsp3) is 0.357. The van der Waals surface area contributed by atoms with Crippen molar-refractivity contribution in [3.05, 3.63) is 41.2 Å². The van der Waals surface area contributed by atoms with Gasteiger partial charge >= 0.3 is 0 Å². The van der Waals surface area contributed by atoms with Gasteiger partial charge in [0.25, 0.3) is 0 Å². The zero-order chi connectivity index (χ0) is 11.8. The predicted octanol–water partition coefficient (Wildman–Crippen LogP) is 2.72. The summed E-state index contributed by atoms with van der Waals surface area (Å²) in [6.07, 6.45) is 2.51. The third kappa shape index (κ3) is 1.87. The molecule has 0 amide bonds. The smallest absolute Gasteiger partial charge is 0.138 e. The van der Waals surface area contributed by atoms with Crippen LogP contribution in [0.25, 0.3) is 11.4 Å². The summed E-state index contributed by atoms with van der Waals surface area (Å²) in [7, 11) is 0. The van der Waals surface area contributed by atoms with Gasteiger partial charge in [0.2, 0.25) is 0 Å². The number of nitrogens with zero attached hydrogens (tertiary/aromatic N) is 1. The summed E-state index contributed by atoms with van der Waals surface area (Å²) in [5.74, 6) is 1.60. The van der Waals surface area contributed by atoms with E-state index in [4.69, 9.17) is 10.7 Å². The van der Waals surface area contributed by atoms with Crippen molar-refractivity contribution in [3.63, 3.8) is 0 Å². The van der Waals surface area contributed by atoms with Gasteiger partial charge in [0, 0.05) is 18.0 Å². The van der Waals surface area contributed by atoms with Gasteiger partial charge < -0.3 is 10.7 Å². The molecule has 0 aliphatic heterocycles. The second kappa shape index (κ2) is 4.00. The van der Waals surface area contributed by atoms with E-state index < -0.39 is 0 Å². The van der Waals surface area contributed by atoms with Crippen molar-refractivity contribution in [2.24, 2.45) is 5.73 Å². The van der Waals surface area contributed by atoms with Crippen LogP contribution >= 0.6 is 0 Å². The van der Waals surface area contributed by atoms with E-state index >= 15 is 0 Å². The Morgan fingerprint density at radius 3 is 2.76 bits per heavy atom. The summed E-state index contributed by atoms with van der Waals surface area (Å²) in [4.78, 5) is 8.11. The van der Waals surface area contributed by atoms with Crippen LogP contribution in [0.15, 0.2) is 24.3 Å². The summed E-state index contributed by atoms with van der Waals surface area (Å²) in [5, 5.41) is 0. The average molecular weight is 227 g/mol. The Morgan fingerprint density at radius 2 is 2.12 bits per heavy atom. The molecule has 1 aliphatic carbocycles. The van der Waals surface area contributed by atoms with Crippen molar-refractivity contribution in [2.45, 2.75) is 32.2 Å². The van der Waals surface area contributed by atoms with Gasteiger partial charge in [0.05, 0.1) is 11.4 Å². The van der Waals surface area contributed by atoms with Crippen LogP contribution in [0, 0.1) is 6.92 Å². The molecule has 0 unspecified atom stereocenters. The Kier molecular flexibility index (Phi) is 2.48. The molecule has 3 N–H and O–H groups in total. The second-order valence-corrected chi connectivity index (χ2v) is 4.74.